The minimum Gasteiger partial charge on any atom is -0.390 e. The summed E-state index contributed by atoms with van der Waals surface area (Å²) in [6, 6.07) is 0.226. The average molecular weight is 700 g/mol. The zero-order valence-corrected chi connectivity index (χ0v) is 28.7. The van der Waals surface area contributed by atoms with E-state index in [0.29, 0.717) is 54.8 Å². The number of aliphatic hydroxyl groups excluding tert-OH is 1. The molecule has 9 nitrogen and oxygen atoms in total. The van der Waals surface area contributed by atoms with Crippen LogP contribution in [-0.2, 0) is 19.1 Å². The Balaban J connectivity index is 0.873. The van der Waals surface area contributed by atoms with Crippen LogP contribution in [0.15, 0.2) is 0 Å². The van der Waals surface area contributed by atoms with E-state index >= 15 is 4.39 Å². The Kier molecular flexibility index (Phi) is 11.8. The maximum absolute atomic E-state index is 15.1. The lowest BCUT2D eigenvalue weighted by Crippen LogP contribution is -2.51. The largest absolute Gasteiger partial charge is 0.390 e. The second kappa shape index (κ2) is 15.6. The predicted molar refractivity (Wildman–Crippen MR) is 173 cm³/mol. The number of hydrogen-bond acceptors (Lipinski definition) is 7. The number of alkyl halides is 2. The van der Waals surface area contributed by atoms with E-state index in [2.05, 4.69) is 43.3 Å². The van der Waals surface area contributed by atoms with Crippen LogP contribution in [0, 0.1) is 35.5 Å². The van der Waals surface area contributed by atoms with Crippen LogP contribution in [0.5, 0.6) is 0 Å². The molecule has 3 heterocycles. The Morgan fingerprint density at radius 2 is 1.73 bits per heavy atom. The molecule has 3 saturated carbocycles. The van der Waals surface area contributed by atoms with Gasteiger partial charge in [-0.25, -0.2) is 4.39 Å². The van der Waals surface area contributed by atoms with E-state index in [0.717, 1.165) is 90.4 Å². The summed E-state index contributed by atoms with van der Waals surface area (Å²) in [4.78, 5) is 31.2. The molecule has 6 aliphatic rings. The molecule has 0 bridgehead atoms. The number of likely N-dealkylation sites (tertiary alicyclic amines) is 2. The summed E-state index contributed by atoms with van der Waals surface area (Å²) in [5.41, 5.74) is 0. The molecule has 3 aliphatic heterocycles. The SMILES string of the molecule is CC1NCOC1COC1CC2CCN(C[C@@H](O)CNC(=O)C3CCC4CN(C(=O)C5CCC(Br)CC5)CCC4C3)CC2CC1F. The summed E-state index contributed by atoms with van der Waals surface area (Å²) in [6.07, 6.45) is 8.15. The molecular weight excluding hydrogens is 643 g/mol. The van der Waals surface area contributed by atoms with Crippen LogP contribution in [0.3, 0.4) is 0 Å². The molecule has 3 saturated heterocycles. The molecule has 3 aliphatic carbocycles. The first-order chi connectivity index (χ1) is 21.7. The Morgan fingerprint density at radius 3 is 2.51 bits per heavy atom. The third-order valence-corrected chi connectivity index (χ3v) is 13.1. The molecule has 45 heavy (non-hydrogen) atoms. The van der Waals surface area contributed by atoms with Crippen molar-refractivity contribution in [1.29, 1.82) is 0 Å². The number of piperidine rings is 2. The van der Waals surface area contributed by atoms with Crippen LogP contribution in [0.1, 0.15) is 77.6 Å². The standard InChI is InChI=1S/C34H56BrFN4O5/c1-21-32(45-20-38-21)19-44-31-14-24-8-10-39(16-27(24)13-30(31)36)18-29(41)15-37-33(42)25-2-3-26-17-40(11-9-23(26)12-25)34(43)22-4-6-28(35)7-5-22/h21-32,38,41H,2-20H2,1H3,(H,37,42)/t21?,22?,23?,24?,25?,26?,27?,28?,29-,30?,31?,32?/m0/s1. The molecule has 3 N–H and O–H groups in total. The first-order valence-electron chi connectivity index (χ1n) is 17.9. The number of halogens is 2. The van der Waals surface area contributed by atoms with E-state index in [4.69, 9.17) is 9.47 Å². The third kappa shape index (κ3) is 8.60. The minimum absolute atomic E-state index is 0.00995. The number of β-amino-alcohol motifs (C(OH)–C–C–N with tert-alkyl or cyclic N) is 1. The Morgan fingerprint density at radius 1 is 0.978 bits per heavy atom. The Labute approximate surface area is 277 Å². The van der Waals surface area contributed by atoms with E-state index in [1.807, 2.05) is 0 Å². The average Bonchev–Trinajstić information content (AvgIpc) is 3.46. The van der Waals surface area contributed by atoms with Crippen molar-refractivity contribution in [2.24, 2.45) is 35.5 Å². The number of carbonyl (C=O) groups is 2. The highest BCUT2D eigenvalue weighted by Gasteiger charge is 2.42. The van der Waals surface area contributed by atoms with E-state index in [1.54, 1.807) is 0 Å². The topological polar surface area (TPSA) is 103 Å². The monoisotopic (exact) mass is 698 g/mol. The number of aliphatic hydroxyl groups is 1. The van der Waals surface area contributed by atoms with E-state index in [9.17, 15) is 14.7 Å². The number of carbonyl (C=O) groups excluding carboxylic acids is 2. The van der Waals surface area contributed by atoms with Gasteiger partial charge in [0.25, 0.3) is 0 Å². The molecule has 0 aromatic rings. The van der Waals surface area contributed by atoms with Gasteiger partial charge in [-0.05, 0) is 108 Å². The Bertz CT molecular complexity index is 1000. The maximum atomic E-state index is 15.1. The van der Waals surface area contributed by atoms with Gasteiger partial charge in [0.2, 0.25) is 11.8 Å². The molecule has 0 aromatic heterocycles. The lowest BCUT2D eigenvalue weighted by atomic mass is 9.70. The molecular formula is C34H56BrFN4O5. The van der Waals surface area contributed by atoms with Crippen molar-refractivity contribution in [3.05, 3.63) is 0 Å². The number of amides is 2. The molecule has 256 valence electrons. The van der Waals surface area contributed by atoms with Gasteiger partial charge in [0.05, 0.1) is 31.6 Å². The zero-order chi connectivity index (χ0) is 31.5. The van der Waals surface area contributed by atoms with E-state index in [1.165, 1.54) is 0 Å². The van der Waals surface area contributed by atoms with Crippen LogP contribution in [-0.4, -0.2) is 115 Å². The summed E-state index contributed by atoms with van der Waals surface area (Å²) in [5, 5.41) is 17.1. The smallest absolute Gasteiger partial charge is 0.225 e. The van der Waals surface area contributed by atoms with Gasteiger partial charge in [-0.1, -0.05) is 15.9 Å². The fourth-order valence-corrected chi connectivity index (χ4v) is 9.80. The van der Waals surface area contributed by atoms with Crippen LogP contribution < -0.4 is 10.6 Å². The van der Waals surface area contributed by atoms with Crippen LogP contribution in [0.25, 0.3) is 0 Å². The minimum atomic E-state index is -0.970. The van der Waals surface area contributed by atoms with Gasteiger partial charge in [-0.3, -0.25) is 14.9 Å². The number of nitrogens with one attached hydrogen (secondary N) is 2. The molecule has 9 unspecified atom stereocenters. The fourth-order valence-electron chi connectivity index (χ4n) is 9.27. The first kappa shape index (κ1) is 34.0. The van der Waals surface area contributed by atoms with E-state index < -0.39 is 12.3 Å². The van der Waals surface area contributed by atoms with Gasteiger partial charge < -0.3 is 29.7 Å². The molecule has 0 aromatic carbocycles. The van der Waals surface area contributed by atoms with Crippen molar-refractivity contribution >= 4 is 27.7 Å². The van der Waals surface area contributed by atoms with Crippen LogP contribution in [0.4, 0.5) is 4.39 Å². The highest BCUT2D eigenvalue weighted by Crippen LogP contribution is 2.41. The van der Waals surface area contributed by atoms with Gasteiger partial charge >= 0.3 is 0 Å². The predicted octanol–water partition coefficient (Wildman–Crippen LogP) is 3.47. The van der Waals surface area contributed by atoms with Crippen molar-refractivity contribution in [3.63, 3.8) is 0 Å². The molecule has 0 radical (unpaired) electrons. The van der Waals surface area contributed by atoms with Gasteiger partial charge in [-0.2, -0.15) is 0 Å². The lowest BCUT2D eigenvalue weighted by Gasteiger charge is -2.45. The van der Waals surface area contributed by atoms with Crippen LogP contribution in [0.2, 0.25) is 0 Å². The van der Waals surface area contributed by atoms with Crippen molar-refractivity contribution in [2.75, 3.05) is 52.6 Å². The summed E-state index contributed by atoms with van der Waals surface area (Å²) in [7, 11) is 0. The third-order valence-electron chi connectivity index (χ3n) is 12.2. The summed E-state index contributed by atoms with van der Waals surface area (Å²) in [6.45, 7) is 7.13. The van der Waals surface area contributed by atoms with E-state index in [-0.39, 0.29) is 48.5 Å². The van der Waals surface area contributed by atoms with Gasteiger partial charge in [0.1, 0.15) is 6.17 Å². The molecule has 6 rings (SSSR count). The second-order valence-electron chi connectivity index (χ2n) is 15.2. The summed E-state index contributed by atoms with van der Waals surface area (Å²) in [5.74, 6) is 2.32. The van der Waals surface area contributed by atoms with Crippen molar-refractivity contribution in [2.45, 2.75) is 113 Å². The molecule has 0 spiro atoms. The number of rotatable bonds is 9. The van der Waals surface area contributed by atoms with Gasteiger partial charge in [0.15, 0.2) is 0 Å². The number of nitrogens with zero attached hydrogens (tertiary/aromatic N) is 2. The number of fused-ring (bicyclic) bond motifs is 2. The number of hydrogen-bond donors (Lipinski definition) is 3. The Hall–Kier alpha value is -0.850. The molecule has 10 atom stereocenters. The lowest BCUT2D eigenvalue weighted by molar-refractivity contribution is -0.141. The summed E-state index contributed by atoms with van der Waals surface area (Å²) >= 11 is 3.70. The highest BCUT2D eigenvalue weighted by molar-refractivity contribution is 9.09. The molecule has 2 amide bonds. The van der Waals surface area contributed by atoms with Crippen molar-refractivity contribution in [3.8, 4) is 0 Å². The zero-order valence-electron chi connectivity index (χ0n) is 27.1. The normalized spacial score (nSPS) is 41.6. The van der Waals surface area contributed by atoms with Crippen molar-refractivity contribution < 1.29 is 28.6 Å². The quantitative estimate of drug-likeness (QED) is 0.317. The van der Waals surface area contributed by atoms with Gasteiger partial charge in [0, 0.05) is 55.4 Å². The van der Waals surface area contributed by atoms with Crippen LogP contribution >= 0.6 is 15.9 Å². The maximum Gasteiger partial charge on any atom is 0.225 e. The van der Waals surface area contributed by atoms with Crippen molar-refractivity contribution in [1.82, 2.24) is 20.4 Å². The molecule has 11 heteroatoms. The molecule has 6 fully saturated rings. The first-order valence-corrected chi connectivity index (χ1v) is 18.9. The highest BCUT2D eigenvalue weighted by atomic mass is 79.9. The van der Waals surface area contributed by atoms with Gasteiger partial charge in [-0.15, -0.1) is 0 Å². The second-order valence-corrected chi connectivity index (χ2v) is 16.5. The fraction of sp³-hybridized carbons (Fsp3) is 0.941. The summed E-state index contributed by atoms with van der Waals surface area (Å²) < 4.78 is 26.8. The number of ether oxygens (including phenoxy) is 2.